The molecule has 8 amide bonds. The fourth-order valence-corrected chi connectivity index (χ4v) is 6.99. The number of carbonyl (C=O) groups is 10. The van der Waals surface area contributed by atoms with Crippen LogP contribution in [-0.2, 0) is 52.7 Å². The summed E-state index contributed by atoms with van der Waals surface area (Å²) in [4.78, 5) is 116. The Morgan fingerprint density at radius 1 is 0.430 bits per heavy atom. The van der Waals surface area contributed by atoms with Gasteiger partial charge in [-0.1, -0.05) is 13.8 Å². The largest absolute Gasteiger partial charge is 0.481 e. The van der Waals surface area contributed by atoms with Crippen molar-refractivity contribution in [3.8, 4) is 0 Å². The van der Waals surface area contributed by atoms with Crippen molar-refractivity contribution in [3.05, 3.63) is 0 Å². The molecule has 2 saturated heterocycles. The van der Waals surface area contributed by atoms with E-state index in [4.69, 9.17) is 30.4 Å². The molecule has 0 saturated carbocycles. The summed E-state index contributed by atoms with van der Waals surface area (Å²) in [5, 5.41) is 67.5. The van der Waals surface area contributed by atoms with E-state index in [0.29, 0.717) is 39.1 Å². The number of piperazine rings is 1. The molecule has 2 aliphatic rings. The molecule has 15 N–H and O–H groups in total. The minimum Gasteiger partial charge on any atom is -0.481 e. The molecule has 2 fully saturated rings. The molecular weight excluding hydrogens is 1210 g/mol. The van der Waals surface area contributed by atoms with Crippen molar-refractivity contribution in [1.29, 1.82) is 0 Å². The number of likely N-dealkylation sites (N-methyl/N-ethyl adjacent to an activating group) is 1. The molecule has 2 heterocycles. The van der Waals surface area contributed by atoms with Crippen LogP contribution in [0.25, 0.3) is 0 Å². The molecule has 0 spiro atoms. The fourth-order valence-electron chi connectivity index (χ4n) is 6.99. The highest BCUT2D eigenvalue weighted by Crippen LogP contribution is 2.06. The van der Waals surface area contributed by atoms with Crippen molar-refractivity contribution in [2.24, 2.45) is 0 Å². The Kier molecular flexibility index (Phi) is 55.7. The second-order valence-electron chi connectivity index (χ2n) is 29.0. The van der Waals surface area contributed by atoms with Crippen molar-refractivity contribution in [2.75, 3.05) is 112 Å². The molecule has 0 aromatic rings. The van der Waals surface area contributed by atoms with Gasteiger partial charge < -0.3 is 73.0 Å². The van der Waals surface area contributed by atoms with E-state index in [1.807, 2.05) is 159 Å². The van der Waals surface area contributed by atoms with Crippen LogP contribution in [0.2, 0.25) is 0 Å². The summed E-state index contributed by atoms with van der Waals surface area (Å²) in [5.74, 6) is -2.69. The van der Waals surface area contributed by atoms with Gasteiger partial charge in [-0.05, 0) is 159 Å². The lowest BCUT2D eigenvalue weighted by Crippen LogP contribution is -2.50. The van der Waals surface area contributed by atoms with Gasteiger partial charge in [-0.15, -0.1) is 0 Å². The van der Waals surface area contributed by atoms with Crippen LogP contribution >= 0.6 is 0 Å². The fraction of sp³-hybridized carbons (Fsp3) is 0.844. The highest BCUT2D eigenvalue weighted by molar-refractivity contribution is 5.84. The zero-order valence-corrected chi connectivity index (χ0v) is 61.8. The molecule has 0 atom stereocenters. The number of carbonyl (C=O) groups excluding carboxylic acids is 8. The van der Waals surface area contributed by atoms with E-state index in [0.717, 1.165) is 52.5 Å². The van der Waals surface area contributed by atoms with Crippen LogP contribution in [-0.4, -0.2) is 250 Å². The normalized spacial score (nSPS) is 13.5. The Labute approximate surface area is 558 Å². The average Bonchev–Trinajstić information content (AvgIpc) is 2.05. The number of hydrogen-bond donors (Lipinski definition) is 15. The second kappa shape index (κ2) is 52.6. The number of amides is 8. The number of nitrogens with one attached hydrogen (secondary N) is 10. The molecule has 29 nitrogen and oxygen atoms in total. The van der Waals surface area contributed by atoms with Crippen LogP contribution < -0.4 is 53.3 Å². The number of ether oxygens (including phenoxy) is 1. The lowest BCUT2D eigenvalue weighted by molar-refractivity contribution is -0.139. The van der Waals surface area contributed by atoms with Gasteiger partial charge in [0.05, 0.1) is 59.0 Å². The van der Waals surface area contributed by atoms with E-state index in [-0.39, 0.29) is 138 Å². The number of carboxylic acids is 2. The number of rotatable bonds is 22. The van der Waals surface area contributed by atoms with E-state index >= 15 is 0 Å². The van der Waals surface area contributed by atoms with E-state index in [9.17, 15) is 47.9 Å². The van der Waals surface area contributed by atoms with Gasteiger partial charge in [0, 0.05) is 123 Å². The monoisotopic (exact) mass is 1340 g/mol. The number of aliphatic hydroxyl groups is 2. The zero-order valence-electron chi connectivity index (χ0n) is 61.8. The summed E-state index contributed by atoms with van der Waals surface area (Å²) in [7, 11) is 1.80. The first kappa shape index (κ1) is 98.4. The molecule has 0 aromatic carbocycles. The summed E-state index contributed by atoms with van der Waals surface area (Å²) in [6.45, 7) is 54.2. The van der Waals surface area contributed by atoms with Gasteiger partial charge in [-0.25, -0.2) is 5.48 Å². The zero-order chi connectivity index (χ0) is 74.0. The maximum Gasteiger partial charge on any atom is 0.303 e. The van der Waals surface area contributed by atoms with Crippen LogP contribution in [0.4, 0.5) is 0 Å². The standard InChI is InChI=1S/C10H21N3O.C10H20N2O2.C9H20N2O2.C9H17NO3.C8H16N2O3.C8H18N2O2.C8H15NO3.C2H6/c1-10(2,3)12-9(14)8-13-6-4-11-5-7-13;1-10(2,3)11-9(13)8-12-4-6-14-7-5-12;1-9(2,3)10-8(13)7-11(4)5-6-12;1-9(2,3)10-7(11)5-4-6-8(12)13;1-8(2,3)9-6(11)4-5-7(12)10-13;1-8(2,3)10-7(12)6-9-4-5-11;1-8(2,3)9-6(10)4-5-7(11)12;1-2/h11H,4-8H2,1-3H3,(H,12,14);4-8H2,1-3H3,(H,11,13);12H,5-7H2,1-4H3,(H,10,13);4-6H2,1-3H3,(H,10,11)(H,12,13);13H,4-5H2,1-3H3,(H,9,11)(H,10,12);9,11H,4-6H2,1-3H3,(H,10,12);4-5H2,1-3H3,(H,9,10)(H,11,12);1-2H3. The van der Waals surface area contributed by atoms with Gasteiger partial charge in [0.2, 0.25) is 47.3 Å². The lowest BCUT2D eigenvalue weighted by Gasteiger charge is -2.28. The minimum absolute atomic E-state index is 0.00157. The van der Waals surface area contributed by atoms with E-state index in [1.165, 1.54) is 5.48 Å². The van der Waals surface area contributed by atoms with E-state index in [1.54, 1.807) is 11.9 Å². The summed E-state index contributed by atoms with van der Waals surface area (Å²) in [5.41, 5.74) is 0.0399. The Morgan fingerprint density at radius 2 is 0.753 bits per heavy atom. The number of aliphatic carboxylic acids is 2. The molecule has 0 radical (unpaired) electrons. The third-order valence-corrected chi connectivity index (χ3v) is 10.2. The van der Waals surface area contributed by atoms with Crippen LogP contribution in [0.3, 0.4) is 0 Å². The van der Waals surface area contributed by atoms with Crippen molar-refractivity contribution in [3.63, 3.8) is 0 Å². The minimum atomic E-state index is -0.945. The average molecular weight is 1340 g/mol. The molecule has 0 aliphatic carbocycles. The van der Waals surface area contributed by atoms with Crippen LogP contribution in [0.5, 0.6) is 0 Å². The Morgan fingerprint density at radius 3 is 1.10 bits per heavy atom. The quantitative estimate of drug-likeness (QED) is 0.0420. The Bertz CT molecular complexity index is 2030. The van der Waals surface area contributed by atoms with Crippen molar-refractivity contribution in [1.82, 2.24) is 68.0 Å². The molecular formula is C64H133N13O16. The second-order valence-corrected chi connectivity index (χ2v) is 29.0. The van der Waals surface area contributed by atoms with Gasteiger partial charge in [0.25, 0.3) is 0 Å². The molecule has 2 rings (SSSR count). The molecule has 0 aromatic heterocycles. The number of hydroxylamine groups is 1. The Hall–Kier alpha value is -5.66. The molecule has 2 aliphatic heterocycles. The maximum atomic E-state index is 11.6. The SMILES string of the molecule is CC.CC(C)(C)NC(=O)CCC(=O)NO.CC(C)(C)NC(=O)CCC(=O)O.CC(C)(C)NC(=O)CCCC(=O)O.CC(C)(C)NC(=O)CN1CCNCC1.CC(C)(C)NC(=O)CN1CCOCC1.CC(C)(C)NC(=O)CNCCO.CN(CCO)CC(=O)NC(C)(C)C. The van der Waals surface area contributed by atoms with Gasteiger partial charge >= 0.3 is 11.9 Å². The maximum absolute atomic E-state index is 11.6. The topological polar surface area (TPSA) is 411 Å². The van der Waals surface area contributed by atoms with E-state index in [2.05, 4.69) is 57.7 Å². The molecule has 0 bridgehead atoms. The van der Waals surface area contributed by atoms with Gasteiger partial charge in [0.15, 0.2) is 0 Å². The third kappa shape index (κ3) is 88.4. The number of nitrogens with zero attached hydrogens (tertiary/aromatic N) is 3. The van der Waals surface area contributed by atoms with Gasteiger partial charge in [-0.3, -0.25) is 67.9 Å². The van der Waals surface area contributed by atoms with E-state index < -0.39 is 17.8 Å². The smallest absolute Gasteiger partial charge is 0.303 e. The number of morpholine rings is 1. The summed E-state index contributed by atoms with van der Waals surface area (Å²) in [6, 6.07) is 0. The highest BCUT2D eigenvalue weighted by Gasteiger charge is 2.21. The van der Waals surface area contributed by atoms with Crippen LogP contribution in [0.15, 0.2) is 0 Å². The van der Waals surface area contributed by atoms with Crippen molar-refractivity contribution >= 4 is 59.2 Å². The predicted molar refractivity (Wildman–Crippen MR) is 365 cm³/mol. The number of carboxylic acid groups (broad SMARTS) is 2. The molecule has 93 heavy (non-hydrogen) atoms. The Balaban J connectivity index is -0.000000236. The lowest BCUT2D eigenvalue weighted by atomic mass is 10.1. The highest BCUT2D eigenvalue weighted by atomic mass is 16.5. The van der Waals surface area contributed by atoms with Crippen LogP contribution in [0.1, 0.15) is 204 Å². The number of hydrogen-bond acceptors (Lipinski definition) is 19. The van der Waals surface area contributed by atoms with Crippen molar-refractivity contribution < 1.29 is 78.3 Å². The third-order valence-electron chi connectivity index (χ3n) is 10.2. The first-order chi connectivity index (χ1) is 42.2. The molecule has 0 unspecified atom stereocenters. The number of aliphatic hydroxyl groups excluding tert-OH is 2. The molecule has 29 heteroatoms. The van der Waals surface area contributed by atoms with Gasteiger partial charge in [-0.2, -0.15) is 0 Å². The summed E-state index contributed by atoms with van der Waals surface area (Å²) < 4.78 is 5.21. The molecule has 550 valence electrons. The summed E-state index contributed by atoms with van der Waals surface area (Å²) in [6.07, 6.45) is 0.759. The first-order valence-corrected chi connectivity index (χ1v) is 32.1. The van der Waals surface area contributed by atoms with Crippen molar-refractivity contribution in [2.45, 2.75) is 243 Å². The first-order valence-electron chi connectivity index (χ1n) is 32.1. The van der Waals surface area contributed by atoms with Crippen LogP contribution in [0, 0.1) is 0 Å². The van der Waals surface area contributed by atoms with Gasteiger partial charge in [0.1, 0.15) is 0 Å². The summed E-state index contributed by atoms with van der Waals surface area (Å²) >= 11 is 0. The predicted octanol–water partition coefficient (Wildman–Crippen LogP) is 2.48.